The van der Waals surface area contributed by atoms with E-state index >= 15 is 0 Å². The van der Waals surface area contributed by atoms with E-state index in [1.54, 1.807) is 0 Å². The number of nitrogens with zero attached hydrogens (tertiary/aromatic N) is 2. The first-order valence-electron chi connectivity index (χ1n) is 8.59. The summed E-state index contributed by atoms with van der Waals surface area (Å²) in [6.07, 6.45) is 3.00. The Labute approximate surface area is 139 Å². The molecule has 0 radical (unpaired) electrons. The summed E-state index contributed by atoms with van der Waals surface area (Å²) in [6.45, 7) is 8.84. The quantitative estimate of drug-likeness (QED) is 0.834. The molecule has 1 aromatic rings. The van der Waals surface area contributed by atoms with Crippen LogP contribution < -0.4 is 4.90 Å². The van der Waals surface area contributed by atoms with Gasteiger partial charge in [0.1, 0.15) is 0 Å². The van der Waals surface area contributed by atoms with Gasteiger partial charge in [0.2, 0.25) is 11.8 Å². The zero-order chi connectivity index (χ0) is 17.0. The molecule has 1 aliphatic rings. The van der Waals surface area contributed by atoms with Gasteiger partial charge in [-0.1, -0.05) is 18.2 Å². The van der Waals surface area contributed by atoms with Crippen LogP contribution in [0.4, 0.5) is 5.69 Å². The molecule has 0 bridgehead atoms. The van der Waals surface area contributed by atoms with E-state index in [0.717, 1.165) is 30.6 Å². The van der Waals surface area contributed by atoms with Crippen molar-refractivity contribution in [2.24, 2.45) is 0 Å². The standard InChI is InChI=1S/C19H28N2O2/c1-14(2)21(17-10-6-5-9-15(17)3)19(23)13-16(4)20-12-8-7-11-18(20)22/h5-6,9-10,14,16H,7-8,11-13H2,1-4H3/t16-/m0/s1. The molecule has 0 aliphatic carbocycles. The fraction of sp³-hybridized carbons (Fsp3) is 0.579. The molecule has 0 spiro atoms. The number of amides is 2. The van der Waals surface area contributed by atoms with Gasteiger partial charge in [-0.3, -0.25) is 9.59 Å². The smallest absolute Gasteiger partial charge is 0.229 e. The molecule has 1 saturated heterocycles. The van der Waals surface area contributed by atoms with Crippen LogP contribution in [0.1, 0.15) is 52.0 Å². The molecule has 4 heteroatoms. The van der Waals surface area contributed by atoms with E-state index < -0.39 is 0 Å². The van der Waals surface area contributed by atoms with E-state index in [2.05, 4.69) is 0 Å². The third kappa shape index (κ3) is 4.12. The molecule has 0 unspecified atom stereocenters. The highest BCUT2D eigenvalue weighted by molar-refractivity contribution is 5.95. The van der Waals surface area contributed by atoms with Gasteiger partial charge in [0.25, 0.3) is 0 Å². The molecule has 126 valence electrons. The Bertz CT molecular complexity index is 568. The predicted molar refractivity (Wildman–Crippen MR) is 93.4 cm³/mol. The summed E-state index contributed by atoms with van der Waals surface area (Å²) in [4.78, 5) is 28.7. The fourth-order valence-electron chi connectivity index (χ4n) is 3.29. The van der Waals surface area contributed by atoms with Gasteiger partial charge in [-0.15, -0.1) is 0 Å². The maximum atomic E-state index is 12.9. The summed E-state index contributed by atoms with van der Waals surface area (Å²) in [5.41, 5.74) is 2.06. The normalized spacial score (nSPS) is 16.6. The third-order valence-electron chi connectivity index (χ3n) is 4.52. The number of hydrogen-bond acceptors (Lipinski definition) is 2. The number of carbonyl (C=O) groups is 2. The Morgan fingerprint density at radius 3 is 2.52 bits per heavy atom. The lowest BCUT2D eigenvalue weighted by atomic mass is 10.0. The summed E-state index contributed by atoms with van der Waals surface area (Å²) in [5, 5.41) is 0. The second kappa shape index (κ2) is 7.62. The van der Waals surface area contributed by atoms with Crippen molar-refractivity contribution >= 4 is 17.5 Å². The minimum absolute atomic E-state index is 0.0411. The van der Waals surface area contributed by atoms with Crippen LogP contribution in [-0.2, 0) is 9.59 Å². The number of carbonyl (C=O) groups excluding carboxylic acids is 2. The number of para-hydroxylation sites is 1. The molecular formula is C19H28N2O2. The van der Waals surface area contributed by atoms with Gasteiger partial charge < -0.3 is 9.80 Å². The molecule has 1 aromatic carbocycles. The summed E-state index contributed by atoms with van der Waals surface area (Å²) in [5.74, 6) is 0.267. The van der Waals surface area contributed by atoms with Gasteiger partial charge in [0.15, 0.2) is 0 Å². The maximum Gasteiger partial charge on any atom is 0.229 e. The molecule has 0 saturated carbocycles. The van der Waals surface area contributed by atoms with Crippen molar-refractivity contribution in [1.29, 1.82) is 0 Å². The van der Waals surface area contributed by atoms with Crippen molar-refractivity contribution < 1.29 is 9.59 Å². The highest BCUT2D eigenvalue weighted by Gasteiger charge is 2.28. The Kier molecular flexibility index (Phi) is 5.80. The van der Waals surface area contributed by atoms with Crippen LogP contribution in [0.5, 0.6) is 0 Å². The number of hydrogen-bond donors (Lipinski definition) is 0. The van der Waals surface area contributed by atoms with Crippen LogP contribution in [0.25, 0.3) is 0 Å². The summed E-state index contributed by atoms with van der Waals surface area (Å²) < 4.78 is 0. The van der Waals surface area contributed by atoms with Gasteiger partial charge in [-0.25, -0.2) is 0 Å². The number of piperidine rings is 1. The van der Waals surface area contributed by atoms with Crippen molar-refractivity contribution in [2.45, 2.75) is 65.5 Å². The molecule has 2 rings (SSSR count). The summed E-state index contributed by atoms with van der Waals surface area (Å²) in [7, 11) is 0. The Morgan fingerprint density at radius 1 is 1.22 bits per heavy atom. The minimum Gasteiger partial charge on any atom is -0.339 e. The fourth-order valence-corrected chi connectivity index (χ4v) is 3.29. The molecule has 1 atom stereocenters. The molecule has 4 nitrogen and oxygen atoms in total. The zero-order valence-electron chi connectivity index (χ0n) is 14.7. The summed E-state index contributed by atoms with van der Waals surface area (Å²) >= 11 is 0. The topological polar surface area (TPSA) is 40.6 Å². The predicted octanol–water partition coefficient (Wildman–Crippen LogP) is 3.53. The van der Waals surface area contributed by atoms with Gasteiger partial charge in [-0.2, -0.15) is 0 Å². The lowest BCUT2D eigenvalue weighted by Crippen LogP contribution is -2.46. The van der Waals surface area contributed by atoms with Crippen LogP contribution in [0.15, 0.2) is 24.3 Å². The SMILES string of the molecule is Cc1ccccc1N(C(=O)C[C@H](C)N1CCCCC1=O)C(C)C. The number of aryl methyl sites for hydroxylation is 1. The van der Waals surface area contributed by atoms with Gasteiger partial charge >= 0.3 is 0 Å². The zero-order valence-corrected chi connectivity index (χ0v) is 14.7. The molecular weight excluding hydrogens is 288 g/mol. The third-order valence-corrected chi connectivity index (χ3v) is 4.52. The molecule has 1 fully saturated rings. The van der Waals surface area contributed by atoms with E-state index in [4.69, 9.17) is 0 Å². The van der Waals surface area contributed by atoms with Gasteiger partial charge in [0.05, 0.1) is 0 Å². The molecule has 2 amide bonds. The molecule has 23 heavy (non-hydrogen) atoms. The lowest BCUT2D eigenvalue weighted by Gasteiger charge is -2.35. The molecule has 0 N–H and O–H groups in total. The summed E-state index contributed by atoms with van der Waals surface area (Å²) in [6, 6.07) is 8.01. The van der Waals surface area contributed by atoms with Gasteiger partial charge in [-0.05, 0) is 52.2 Å². The van der Waals surface area contributed by atoms with E-state index in [-0.39, 0.29) is 23.9 Å². The Hall–Kier alpha value is -1.84. The van der Waals surface area contributed by atoms with Crippen molar-refractivity contribution in [3.05, 3.63) is 29.8 Å². The van der Waals surface area contributed by atoms with E-state index in [0.29, 0.717) is 12.8 Å². The molecule has 1 heterocycles. The van der Waals surface area contributed by atoms with Crippen LogP contribution in [-0.4, -0.2) is 35.3 Å². The first-order valence-corrected chi connectivity index (χ1v) is 8.59. The van der Waals surface area contributed by atoms with Crippen molar-refractivity contribution in [3.63, 3.8) is 0 Å². The van der Waals surface area contributed by atoms with E-state index in [9.17, 15) is 9.59 Å². The van der Waals surface area contributed by atoms with E-state index in [1.807, 2.05) is 61.8 Å². The van der Waals surface area contributed by atoms with Crippen LogP contribution >= 0.6 is 0 Å². The first kappa shape index (κ1) is 17.5. The van der Waals surface area contributed by atoms with Crippen LogP contribution in [0, 0.1) is 6.92 Å². The second-order valence-corrected chi connectivity index (χ2v) is 6.74. The monoisotopic (exact) mass is 316 g/mol. The molecule has 0 aromatic heterocycles. The number of rotatable bonds is 5. The van der Waals surface area contributed by atoms with Gasteiger partial charge in [0, 0.05) is 37.2 Å². The number of likely N-dealkylation sites (tertiary alicyclic amines) is 1. The lowest BCUT2D eigenvalue weighted by molar-refractivity contribution is -0.136. The largest absolute Gasteiger partial charge is 0.339 e. The average Bonchev–Trinajstić information content (AvgIpc) is 2.49. The van der Waals surface area contributed by atoms with Crippen molar-refractivity contribution in [1.82, 2.24) is 4.90 Å². The van der Waals surface area contributed by atoms with Crippen molar-refractivity contribution in [2.75, 3.05) is 11.4 Å². The van der Waals surface area contributed by atoms with Crippen LogP contribution in [0.2, 0.25) is 0 Å². The molecule has 1 aliphatic heterocycles. The maximum absolute atomic E-state index is 12.9. The first-order chi connectivity index (χ1) is 10.9. The highest BCUT2D eigenvalue weighted by Crippen LogP contribution is 2.24. The van der Waals surface area contributed by atoms with E-state index in [1.165, 1.54) is 0 Å². The highest BCUT2D eigenvalue weighted by atomic mass is 16.2. The second-order valence-electron chi connectivity index (χ2n) is 6.74. The number of anilines is 1. The Morgan fingerprint density at radius 2 is 1.91 bits per heavy atom. The van der Waals surface area contributed by atoms with Crippen molar-refractivity contribution in [3.8, 4) is 0 Å². The average molecular weight is 316 g/mol. The number of benzene rings is 1. The Balaban J connectivity index is 2.13. The van der Waals surface area contributed by atoms with Crippen LogP contribution in [0.3, 0.4) is 0 Å². The minimum atomic E-state index is -0.0411.